The number of likely N-dealkylation sites (tertiary alicyclic amines) is 1. The molecule has 178 valence electrons. The van der Waals surface area contributed by atoms with Gasteiger partial charge in [0.1, 0.15) is 0 Å². The molecule has 0 atom stereocenters. The van der Waals surface area contributed by atoms with E-state index in [0.717, 1.165) is 70.4 Å². The lowest BCUT2D eigenvalue weighted by Gasteiger charge is -2.31. The second kappa shape index (κ2) is 12.2. The second-order valence-electron chi connectivity index (χ2n) is 9.19. The van der Waals surface area contributed by atoms with E-state index in [4.69, 9.17) is 0 Å². The summed E-state index contributed by atoms with van der Waals surface area (Å²) < 4.78 is 0. The highest BCUT2D eigenvalue weighted by atomic mass is 35.5. The van der Waals surface area contributed by atoms with Crippen LogP contribution in [0.3, 0.4) is 0 Å². The van der Waals surface area contributed by atoms with Gasteiger partial charge in [-0.25, -0.2) is 4.79 Å². The van der Waals surface area contributed by atoms with Crippen LogP contribution in [0.4, 0.5) is 4.79 Å². The molecule has 6 heteroatoms. The predicted octanol–water partition coefficient (Wildman–Crippen LogP) is 4.72. The first-order chi connectivity index (χ1) is 15.6. The van der Waals surface area contributed by atoms with Crippen molar-refractivity contribution < 1.29 is 9.59 Å². The van der Waals surface area contributed by atoms with E-state index in [1.807, 2.05) is 11.0 Å². The van der Waals surface area contributed by atoms with Crippen LogP contribution in [0.2, 0.25) is 0 Å². The fourth-order valence-corrected chi connectivity index (χ4v) is 5.01. The summed E-state index contributed by atoms with van der Waals surface area (Å²) in [6, 6.07) is 17.0. The van der Waals surface area contributed by atoms with E-state index in [1.54, 1.807) is 7.05 Å². The summed E-state index contributed by atoms with van der Waals surface area (Å²) in [7, 11) is 1.68. The number of halogens is 1. The number of Topliss-reactive ketones (excluding diaryl/α,β-unsaturated/α-hetero) is 1. The molecule has 5 nitrogen and oxygen atoms in total. The molecule has 0 aliphatic carbocycles. The maximum absolute atomic E-state index is 12.9. The molecule has 0 aromatic heterocycles. The van der Waals surface area contributed by atoms with Crippen LogP contribution in [0, 0.1) is 5.92 Å². The smallest absolute Gasteiger partial charge is 0.317 e. The first-order valence-corrected chi connectivity index (χ1v) is 12.0. The zero-order chi connectivity index (χ0) is 22.3. The lowest BCUT2D eigenvalue weighted by molar-refractivity contribution is 0.0964. The Morgan fingerprint density at radius 2 is 1.64 bits per heavy atom. The Hall–Kier alpha value is -2.37. The van der Waals surface area contributed by atoms with Crippen molar-refractivity contribution in [3.05, 3.63) is 70.8 Å². The molecule has 1 saturated heterocycles. The van der Waals surface area contributed by atoms with Gasteiger partial charge in [0.15, 0.2) is 5.78 Å². The molecular weight excluding hydrogens is 434 g/mol. The minimum absolute atomic E-state index is 0. The first-order valence-electron chi connectivity index (χ1n) is 12.0. The van der Waals surface area contributed by atoms with Crippen LogP contribution in [-0.4, -0.2) is 54.8 Å². The Labute approximate surface area is 203 Å². The summed E-state index contributed by atoms with van der Waals surface area (Å²) >= 11 is 0. The molecule has 1 fully saturated rings. The average molecular weight is 470 g/mol. The Morgan fingerprint density at radius 1 is 0.939 bits per heavy atom. The highest BCUT2D eigenvalue weighted by molar-refractivity contribution is 5.96. The number of benzene rings is 2. The molecule has 2 amide bonds. The van der Waals surface area contributed by atoms with Gasteiger partial charge < -0.3 is 10.2 Å². The van der Waals surface area contributed by atoms with E-state index in [-0.39, 0.29) is 24.2 Å². The van der Waals surface area contributed by atoms with Gasteiger partial charge in [-0.05, 0) is 60.8 Å². The zero-order valence-electron chi connectivity index (χ0n) is 19.6. The van der Waals surface area contributed by atoms with Crippen molar-refractivity contribution in [2.75, 3.05) is 33.2 Å². The first kappa shape index (κ1) is 25.3. The number of rotatable bonds is 6. The van der Waals surface area contributed by atoms with Gasteiger partial charge in [0, 0.05) is 51.8 Å². The normalized spacial score (nSPS) is 16.9. The third-order valence-electron chi connectivity index (χ3n) is 7.07. The van der Waals surface area contributed by atoms with Crippen LogP contribution in [0.15, 0.2) is 48.5 Å². The summed E-state index contributed by atoms with van der Waals surface area (Å²) in [5, 5.41) is 2.70. The number of carbonyl (C=O) groups excluding carboxylic acids is 2. The maximum Gasteiger partial charge on any atom is 0.317 e. The average Bonchev–Trinajstić information content (AvgIpc) is 3.05. The van der Waals surface area contributed by atoms with Gasteiger partial charge in [-0.2, -0.15) is 0 Å². The van der Waals surface area contributed by atoms with Gasteiger partial charge in [0.05, 0.1) is 0 Å². The number of piperidine rings is 1. The van der Waals surface area contributed by atoms with Gasteiger partial charge in [-0.3, -0.25) is 9.69 Å². The van der Waals surface area contributed by atoms with E-state index < -0.39 is 0 Å². The van der Waals surface area contributed by atoms with E-state index in [0.29, 0.717) is 12.3 Å². The molecule has 0 radical (unpaired) electrons. The second-order valence-corrected chi connectivity index (χ2v) is 9.19. The molecule has 2 aliphatic heterocycles. The van der Waals surface area contributed by atoms with Gasteiger partial charge in [-0.15, -0.1) is 12.4 Å². The fourth-order valence-electron chi connectivity index (χ4n) is 5.01. The Kier molecular flexibility index (Phi) is 9.33. The van der Waals surface area contributed by atoms with Gasteiger partial charge in [0.2, 0.25) is 0 Å². The van der Waals surface area contributed by atoms with Crippen molar-refractivity contribution in [1.29, 1.82) is 0 Å². The number of ketones is 1. The lowest BCUT2D eigenvalue weighted by Crippen LogP contribution is -2.43. The van der Waals surface area contributed by atoms with Crippen LogP contribution in [0.25, 0.3) is 0 Å². The molecule has 0 saturated carbocycles. The molecule has 0 unspecified atom stereocenters. The molecule has 2 aromatic carbocycles. The highest BCUT2D eigenvalue weighted by Gasteiger charge is 2.23. The third kappa shape index (κ3) is 6.81. The zero-order valence-corrected chi connectivity index (χ0v) is 20.4. The van der Waals surface area contributed by atoms with Gasteiger partial charge in [-0.1, -0.05) is 42.5 Å². The number of hydrogen-bond acceptors (Lipinski definition) is 3. The van der Waals surface area contributed by atoms with E-state index >= 15 is 0 Å². The summed E-state index contributed by atoms with van der Waals surface area (Å²) in [5.74, 6) is 0.791. The Balaban J connectivity index is 0.00000306. The highest BCUT2D eigenvalue weighted by Crippen LogP contribution is 2.24. The van der Waals surface area contributed by atoms with Crippen LogP contribution >= 0.6 is 12.4 Å². The van der Waals surface area contributed by atoms with E-state index in [2.05, 4.69) is 52.7 Å². The van der Waals surface area contributed by atoms with E-state index in [1.165, 1.54) is 16.7 Å². The molecule has 1 N–H and O–H groups in total. The standard InChI is InChI=1S/C27H35N3O2.ClH/c1-28-27(32)30-17-11-21(12-18-30)7-10-26(31)25-9-8-23-13-15-29(16-14-24(23)19-25)20-22-5-3-2-4-6-22;/h2-6,8-9,19,21H,7,10-18,20H2,1H3,(H,28,32);1H. The van der Waals surface area contributed by atoms with Crippen molar-refractivity contribution in [2.45, 2.75) is 45.1 Å². The van der Waals surface area contributed by atoms with Gasteiger partial charge in [0.25, 0.3) is 0 Å². The summed E-state index contributed by atoms with van der Waals surface area (Å²) in [4.78, 5) is 29.0. The quantitative estimate of drug-likeness (QED) is 0.622. The summed E-state index contributed by atoms with van der Waals surface area (Å²) in [6.07, 6.45) is 5.54. The SMILES string of the molecule is CNC(=O)N1CCC(CCC(=O)c2ccc3c(c2)CCN(Cc2ccccc2)CC3)CC1.Cl. The monoisotopic (exact) mass is 469 g/mol. The number of urea groups is 1. The number of fused-ring (bicyclic) bond motifs is 1. The summed E-state index contributed by atoms with van der Waals surface area (Å²) in [5.41, 5.74) is 4.95. The fraction of sp³-hybridized carbons (Fsp3) is 0.481. The molecule has 2 heterocycles. The summed E-state index contributed by atoms with van der Waals surface area (Å²) in [6.45, 7) is 4.65. The molecule has 2 aliphatic rings. The van der Waals surface area contributed by atoms with Gasteiger partial charge >= 0.3 is 6.03 Å². The van der Waals surface area contributed by atoms with Crippen molar-refractivity contribution in [1.82, 2.24) is 15.1 Å². The predicted molar refractivity (Wildman–Crippen MR) is 135 cm³/mol. The molecule has 4 rings (SSSR count). The van der Waals surface area contributed by atoms with Crippen LogP contribution < -0.4 is 5.32 Å². The molecule has 2 aromatic rings. The largest absolute Gasteiger partial charge is 0.341 e. The lowest BCUT2D eigenvalue weighted by atomic mass is 9.89. The van der Waals surface area contributed by atoms with Crippen molar-refractivity contribution in [3.63, 3.8) is 0 Å². The van der Waals surface area contributed by atoms with Crippen LogP contribution in [0.5, 0.6) is 0 Å². The molecule has 33 heavy (non-hydrogen) atoms. The maximum atomic E-state index is 12.9. The number of amides is 2. The Bertz CT molecular complexity index is 926. The number of carbonyl (C=O) groups is 2. The van der Waals surface area contributed by atoms with Crippen molar-refractivity contribution in [2.24, 2.45) is 5.92 Å². The van der Waals surface area contributed by atoms with Crippen molar-refractivity contribution in [3.8, 4) is 0 Å². The van der Waals surface area contributed by atoms with Crippen molar-refractivity contribution >= 4 is 24.2 Å². The Morgan fingerprint density at radius 3 is 2.33 bits per heavy atom. The minimum Gasteiger partial charge on any atom is -0.341 e. The third-order valence-corrected chi connectivity index (χ3v) is 7.07. The molecule has 0 bridgehead atoms. The number of nitrogens with one attached hydrogen (secondary N) is 1. The molecular formula is C27H36ClN3O2. The minimum atomic E-state index is 0. The van der Waals surface area contributed by atoms with E-state index in [9.17, 15) is 9.59 Å². The topological polar surface area (TPSA) is 52.7 Å². The number of nitrogens with zero attached hydrogens (tertiary/aromatic N) is 2. The van der Waals surface area contributed by atoms with Crippen LogP contribution in [0.1, 0.15) is 52.7 Å². The molecule has 0 spiro atoms. The number of hydrogen-bond donors (Lipinski definition) is 1. The van der Waals surface area contributed by atoms with Crippen LogP contribution in [-0.2, 0) is 19.4 Å².